The SMILES string of the molecule is O=C(CCl)NCc1ccccc1C1CC1. The molecule has 80 valence electrons. The largest absolute Gasteiger partial charge is 0.351 e. The van der Waals surface area contributed by atoms with E-state index in [0.29, 0.717) is 12.5 Å². The van der Waals surface area contributed by atoms with Crippen LogP contribution in [-0.2, 0) is 11.3 Å². The van der Waals surface area contributed by atoms with Gasteiger partial charge in [-0.05, 0) is 29.9 Å². The molecular weight excluding hydrogens is 210 g/mol. The van der Waals surface area contributed by atoms with E-state index in [2.05, 4.69) is 23.5 Å². The van der Waals surface area contributed by atoms with Crippen molar-refractivity contribution >= 4 is 17.5 Å². The lowest BCUT2D eigenvalue weighted by Crippen LogP contribution is -2.24. The molecule has 15 heavy (non-hydrogen) atoms. The monoisotopic (exact) mass is 223 g/mol. The van der Waals surface area contributed by atoms with Crippen molar-refractivity contribution in [2.45, 2.75) is 25.3 Å². The molecule has 1 aliphatic rings. The Hall–Kier alpha value is -1.02. The van der Waals surface area contributed by atoms with Gasteiger partial charge in [0.2, 0.25) is 5.91 Å². The van der Waals surface area contributed by atoms with Gasteiger partial charge in [0, 0.05) is 6.54 Å². The van der Waals surface area contributed by atoms with Crippen LogP contribution < -0.4 is 5.32 Å². The van der Waals surface area contributed by atoms with Crippen molar-refractivity contribution < 1.29 is 4.79 Å². The highest BCUT2D eigenvalue weighted by Crippen LogP contribution is 2.41. The second kappa shape index (κ2) is 4.67. The Balaban J connectivity index is 2.03. The summed E-state index contributed by atoms with van der Waals surface area (Å²) in [4.78, 5) is 11.0. The summed E-state index contributed by atoms with van der Waals surface area (Å²) in [5.74, 6) is 0.641. The minimum atomic E-state index is -0.109. The summed E-state index contributed by atoms with van der Waals surface area (Å²) in [7, 11) is 0. The number of benzene rings is 1. The van der Waals surface area contributed by atoms with Gasteiger partial charge in [0.1, 0.15) is 5.88 Å². The Kier molecular flexibility index (Phi) is 3.27. The average Bonchev–Trinajstić information content (AvgIpc) is 3.10. The van der Waals surface area contributed by atoms with E-state index in [-0.39, 0.29) is 11.8 Å². The second-order valence-corrected chi connectivity index (χ2v) is 4.15. The number of hydrogen-bond donors (Lipinski definition) is 1. The lowest BCUT2D eigenvalue weighted by molar-refractivity contribution is -0.118. The smallest absolute Gasteiger partial charge is 0.235 e. The number of nitrogens with one attached hydrogen (secondary N) is 1. The maximum atomic E-state index is 11.0. The van der Waals surface area contributed by atoms with E-state index in [0.717, 1.165) is 0 Å². The van der Waals surface area contributed by atoms with E-state index in [1.165, 1.54) is 24.0 Å². The third-order valence-corrected chi connectivity index (χ3v) is 2.91. The molecule has 0 heterocycles. The molecule has 0 atom stereocenters. The van der Waals surface area contributed by atoms with Crippen molar-refractivity contribution in [2.75, 3.05) is 5.88 Å². The van der Waals surface area contributed by atoms with Crippen molar-refractivity contribution in [1.82, 2.24) is 5.32 Å². The number of alkyl halides is 1. The molecule has 0 spiro atoms. The molecule has 3 heteroatoms. The standard InChI is InChI=1S/C12H14ClNO/c13-7-12(15)14-8-10-3-1-2-4-11(10)9-5-6-9/h1-4,9H,5-8H2,(H,14,15). The fourth-order valence-electron chi connectivity index (χ4n) is 1.73. The summed E-state index contributed by atoms with van der Waals surface area (Å²) in [6.45, 7) is 0.595. The Morgan fingerprint density at radius 3 is 2.80 bits per heavy atom. The van der Waals surface area contributed by atoms with Gasteiger partial charge in [0.15, 0.2) is 0 Å². The van der Waals surface area contributed by atoms with Gasteiger partial charge in [-0.15, -0.1) is 11.6 Å². The molecule has 0 radical (unpaired) electrons. The molecule has 0 unspecified atom stereocenters. The maximum absolute atomic E-state index is 11.0. The number of hydrogen-bond acceptors (Lipinski definition) is 1. The van der Waals surface area contributed by atoms with Gasteiger partial charge < -0.3 is 5.32 Å². The van der Waals surface area contributed by atoms with Crippen LogP contribution in [0, 0.1) is 0 Å². The van der Waals surface area contributed by atoms with Crippen LogP contribution in [0.25, 0.3) is 0 Å². The fraction of sp³-hybridized carbons (Fsp3) is 0.417. The summed E-state index contributed by atoms with van der Waals surface area (Å²) in [5.41, 5.74) is 2.60. The zero-order valence-corrected chi connectivity index (χ0v) is 9.26. The van der Waals surface area contributed by atoms with Crippen molar-refractivity contribution in [3.63, 3.8) is 0 Å². The van der Waals surface area contributed by atoms with Gasteiger partial charge in [0.25, 0.3) is 0 Å². The lowest BCUT2D eigenvalue weighted by Gasteiger charge is -2.08. The highest BCUT2D eigenvalue weighted by molar-refractivity contribution is 6.27. The molecule has 0 saturated heterocycles. The first-order valence-corrected chi connectivity index (χ1v) is 5.75. The molecule has 0 bridgehead atoms. The van der Waals surface area contributed by atoms with Crippen LogP contribution in [0.4, 0.5) is 0 Å². The first-order valence-electron chi connectivity index (χ1n) is 5.21. The Morgan fingerprint density at radius 1 is 1.40 bits per heavy atom. The zero-order chi connectivity index (χ0) is 10.7. The highest BCUT2D eigenvalue weighted by atomic mass is 35.5. The zero-order valence-electron chi connectivity index (χ0n) is 8.50. The lowest BCUT2D eigenvalue weighted by atomic mass is 10.0. The van der Waals surface area contributed by atoms with Crippen LogP contribution >= 0.6 is 11.6 Å². The van der Waals surface area contributed by atoms with Crippen LogP contribution in [0.2, 0.25) is 0 Å². The Morgan fingerprint density at radius 2 is 2.13 bits per heavy atom. The molecule has 1 N–H and O–H groups in total. The van der Waals surface area contributed by atoms with Crippen molar-refractivity contribution in [3.05, 3.63) is 35.4 Å². The summed E-state index contributed by atoms with van der Waals surface area (Å²) in [6, 6.07) is 8.29. The van der Waals surface area contributed by atoms with E-state index >= 15 is 0 Å². The van der Waals surface area contributed by atoms with Crippen LogP contribution in [0.3, 0.4) is 0 Å². The van der Waals surface area contributed by atoms with E-state index in [1.807, 2.05) is 6.07 Å². The van der Waals surface area contributed by atoms with Gasteiger partial charge in [-0.25, -0.2) is 0 Å². The van der Waals surface area contributed by atoms with Crippen LogP contribution in [0.15, 0.2) is 24.3 Å². The molecule has 1 amide bonds. The first kappa shape index (κ1) is 10.5. The first-order chi connectivity index (χ1) is 7.31. The minimum Gasteiger partial charge on any atom is -0.351 e. The quantitative estimate of drug-likeness (QED) is 0.781. The van der Waals surface area contributed by atoms with Crippen molar-refractivity contribution in [3.8, 4) is 0 Å². The predicted octanol–water partition coefficient (Wildman–Crippen LogP) is 2.42. The van der Waals surface area contributed by atoms with Crippen molar-refractivity contribution in [2.24, 2.45) is 0 Å². The molecule has 1 aromatic rings. The maximum Gasteiger partial charge on any atom is 0.235 e. The molecule has 1 aromatic carbocycles. The molecule has 1 aliphatic carbocycles. The molecule has 2 nitrogen and oxygen atoms in total. The van der Waals surface area contributed by atoms with Gasteiger partial charge in [-0.2, -0.15) is 0 Å². The molecule has 0 aromatic heterocycles. The van der Waals surface area contributed by atoms with Crippen LogP contribution in [-0.4, -0.2) is 11.8 Å². The van der Waals surface area contributed by atoms with Gasteiger partial charge in [-0.3, -0.25) is 4.79 Å². The average molecular weight is 224 g/mol. The number of carbonyl (C=O) groups excluding carboxylic acids is 1. The Bertz CT molecular complexity index is 360. The fourth-order valence-corrected chi connectivity index (χ4v) is 1.82. The molecule has 0 aliphatic heterocycles. The minimum absolute atomic E-state index is 0.0333. The molecule has 2 rings (SSSR count). The molecule has 1 saturated carbocycles. The van der Waals surface area contributed by atoms with E-state index in [9.17, 15) is 4.79 Å². The van der Waals surface area contributed by atoms with Gasteiger partial charge >= 0.3 is 0 Å². The summed E-state index contributed by atoms with van der Waals surface area (Å²) < 4.78 is 0. The highest BCUT2D eigenvalue weighted by Gasteiger charge is 2.25. The number of carbonyl (C=O) groups is 1. The molecule has 1 fully saturated rings. The third-order valence-electron chi connectivity index (χ3n) is 2.67. The number of rotatable bonds is 4. The Labute approximate surface area is 94.6 Å². The normalized spacial score (nSPS) is 15.0. The summed E-state index contributed by atoms with van der Waals surface area (Å²) in [5, 5.41) is 2.80. The summed E-state index contributed by atoms with van der Waals surface area (Å²) in [6.07, 6.45) is 2.56. The second-order valence-electron chi connectivity index (χ2n) is 3.88. The molecular formula is C12H14ClNO. The van der Waals surface area contributed by atoms with Gasteiger partial charge in [0.05, 0.1) is 0 Å². The van der Waals surface area contributed by atoms with E-state index < -0.39 is 0 Å². The van der Waals surface area contributed by atoms with Crippen LogP contribution in [0.5, 0.6) is 0 Å². The van der Waals surface area contributed by atoms with Crippen molar-refractivity contribution in [1.29, 1.82) is 0 Å². The third kappa shape index (κ3) is 2.72. The van der Waals surface area contributed by atoms with E-state index in [1.54, 1.807) is 0 Å². The van der Waals surface area contributed by atoms with Gasteiger partial charge in [-0.1, -0.05) is 24.3 Å². The number of amides is 1. The van der Waals surface area contributed by atoms with Crippen LogP contribution in [0.1, 0.15) is 29.9 Å². The summed E-state index contributed by atoms with van der Waals surface area (Å²) >= 11 is 5.42. The topological polar surface area (TPSA) is 29.1 Å². The predicted molar refractivity (Wildman–Crippen MR) is 61.0 cm³/mol. The van der Waals surface area contributed by atoms with E-state index in [4.69, 9.17) is 11.6 Å². The number of halogens is 1.